The molecule has 1 atom stereocenters. The molecule has 0 aliphatic carbocycles. The van der Waals surface area contributed by atoms with Crippen LogP contribution >= 0.6 is 11.8 Å². The Hall–Kier alpha value is -1.46. The maximum Gasteiger partial charge on any atom is 0.416 e. The second-order valence-electron chi connectivity index (χ2n) is 4.68. The number of rotatable bonds is 4. The summed E-state index contributed by atoms with van der Waals surface area (Å²) >= 11 is 1.35. The number of benzene rings is 2. The summed E-state index contributed by atoms with van der Waals surface area (Å²) in [6, 6.07) is 12.7. The highest BCUT2D eigenvalue weighted by Gasteiger charge is 2.34. The summed E-state index contributed by atoms with van der Waals surface area (Å²) < 4.78 is 38.8. The van der Waals surface area contributed by atoms with Gasteiger partial charge >= 0.3 is 6.18 Å². The highest BCUT2D eigenvalue weighted by atomic mass is 32.2. The second kappa shape index (κ2) is 6.54. The molecule has 0 bridgehead atoms. The lowest BCUT2D eigenvalue weighted by Crippen LogP contribution is -2.13. The molecule has 0 aliphatic heterocycles. The lowest BCUT2D eigenvalue weighted by Gasteiger charge is -2.17. The molecule has 21 heavy (non-hydrogen) atoms. The first-order chi connectivity index (χ1) is 9.89. The van der Waals surface area contributed by atoms with Gasteiger partial charge in [0.05, 0.1) is 11.7 Å². The fourth-order valence-electron chi connectivity index (χ4n) is 2.02. The monoisotopic (exact) mass is 312 g/mol. The molecule has 0 spiro atoms. The van der Waals surface area contributed by atoms with Gasteiger partial charge in [-0.25, -0.2) is 0 Å². The van der Waals surface area contributed by atoms with Crippen molar-refractivity contribution in [1.82, 2.24) is 0 Å². The number of alkyl halides is 3. The zero-order chi connectivity index (χ0) is 15.5. The lowest BCUT2D eigenvalue weighted by molar-refractivity contribution is -0.139. The molecule has 112 valence electrons. The smallest absolute Gasteiger partial charge is 0.388 e. The van der Waals surface area contributed by atoms with E-state index < -0.39 is 17.8 Å². The zero-order valence-electron chi connectivity index (χ0n) is 11.4. The van der Waals surface area contributed by atoms with Gasteiger partial charge in [-0.15, -0.1) is 11.8 Å². The third-order valence-corrected chi connectivity index (χ3v) is 4.37. The molecule has 0 amide bonds. The quantitative estimate of drug-likeness (QED) is 0.815. The number of hydrogen-bond acceptors (Lipinski definition) is 2. The third-order valence-electron chi connectivity index (χ3n) is 3.12. The van der Waals surface area contributed by atoms with Crippen molar-refractivity contribution in [3.8, 4) is 0 Å². The molecule has 1 unspecified atom stereocenters. The average Bonchev–Trinajstić information content (AvgIpc) is 2.45. The van der Waals surface area contributed by atoms with Crippen LogP contribution in [0.1, 0.15) is 22.8 Å². The van der Waals surface area contributed by atoms with Crippen LogP contribution in [0.3, 0.4) is 0 Å². The molecule has 1 nitrogen and oxygen atoms in total. The van der Waals surface area contributed by atoms with Crippen molar-refractivity contribution in [2.24, 2.45) is 0 Å². The Bertz CT molecular complexity index is 610. The third kappa shape index (κ3) is 4.02. The van der Waals surface area contributed by atoms with Crippen molar-refractivity contribution >= 4 is 11.8 Å². The highest BCUT2D eigenvalue weighted by Crippen LogP contribution is 2.36. The molecule has 2 aromatic rings. The Morgan fingerprint density at radius 3 is 2.33 bits per heavy atom. The molecule has 5 heteroatoms. The van der Waals surface area contributed by atoms with E-state index in [9.17, 15) is 18.3 Å². The van der Waals surface area contributed by atoms with Gasteiger partial charge in [0.1, 0.15) is 0 Å². The van der Waals surface area contributed by atoms with Crippen molar-refractivity contribution < 1.29 is 18.3 Å². The van der Waals surface area contributed by atoms with Gasteiger partial charge in [-0.2, -0.15) is 13.2 Å². The van der Waals surface area contributed by atoms with Crippen LogP contribution in [0.25, 0.3) is 0 Å². The lowest BCUT2D eigenvalue weighted by atomic mass is 10.0. The van der Waals surface area contributed by atoms with E-state index in [1.54, 1.807) is 0 Å². The summed E-state index contributed by atoms with van der Waals surface area (Å²) in [6.07, 6.45) is -5.61. The van der Waals surface area contributed by atoms with Gasteiger partial charge in [-0.3, -0.25) is 0 Å². The van der Waals surface area contributed by atoms with E-state index in [1.165, 1.54) is 30.0 Å². The Morgan fingerprint density at radius 1 is 1.05 bits per heavy atom. The van der Waals surface area contributed by atoms with Crippen LogP contribution in [-0.2, 0) is 6.18 Å². The number of hydrogen-bond donors (Lipinski definition) is 1. The molecule has 0 radical (unpaired) electrons. The summed E-state index contributed by atoms with van der Waals surface area (Å²) in [4.78, 5) is 0.959. The summed E-state index contributed by atoms with van der Waals surface area (Å²) in [6.45, 7) is 1.93. The summed E-state index contributed by atoms with van der Waals surface area (Å²) in [5.41, 5.74) is 0.188. The van der Waals surface area contributed by atoms with E-state index in [1.807, 2.05) is 31.2 Å². The summed E-state index contributed by atoms with van der Waals surface area (Å²) in [5.74, 6) is 0.179. The SMILES string of the molecule is Cc1ccccc1SCC(O)c1ccccc1C(F)(F)F. The molecule has 2 rings (SSSR count). The van der Waals surface area contributed by atoms with Crippen LogP contribution in [0.2, 0.25) is 0 Å². The first-order valence-electron chi connectivity index (χ1n) is 6.42. The number of aliphatic hydroxyl groups excluding tert-OH is 1. The molecule has 0 saturated carbocycles. The fourth-order valence-corrected chi connectivity index (χ4v) is 3.01. The Morgan fingerprint density at radius 2 is 1.67 bits per heavy atom. The predicted octanol–water partition coefficient (Wildman–Crippen LogP) is 4.84. The first-order valence-corrected chi connectivity index (χ1v) is 7.41. The number of halogens is 3. The molecular formula is C16H15F3OS. The van der Waals surface area contributed by atoms with Gasteiger partial charge < -0.3 is 5.11 Å². The molecular weight excluding hydrogens is 297 g/mol. The first kappa shape index (κ1) is 15.9. The van der Waals surface area contributed by atoms with Gasteiger partial charge in [-0.05, 0) is 30.2 Å². The Labute approximate surface area is 125 Å². The van der Waals surface area contributed by atoms with E-state index in [2.05, 4.69) is 0 Å². The number of thioether (sulfide) groups is 1. The van der Waals surface area contributed by atoms with Crippen molar-refractivity contribution in [1.29, 1.82) is 0 Å². The highest BCUT2D eigenvalue weighted by molar-refractivity contribution is 7.99. The maximum absolute atomic E-state index is 12.9. The molecule has 0 fully saturated rings. The van der Waals surface area contributed by atoms with Crippen molar-refractivity contribution in [3.63, 3.8) is 0 Å². The van der Waals surface area contributed by atoms with Crippen LogP contribution < -0.4 is 0 Å². The summed E-state index contributed by atoms with van der Waals surface area (Å²) in [7, 11) is 0. The van der Waals surface area contributed by atoms with Crippen LogP contribution in [0.15, 0.2) is 53.4 Å². The average molecular weight is 312 g/mol. The number of aliphatic hydroxyl groups is 1. The van der Waals surface area contributed by atoms with Gasteiger partial charge in [0.15, 0.2) is 0 Å². The normalized spacial score (nSPS) is 13.2. The molecule has 0 heterocycles. The predicted molar refractivity (Wildman–Crippen MR) is 78.3 cm³/mol. The Balaban J connectivity index is 2.15. The fraction of sp³-hybridized carbons (Fsp3) is 0.250. The van der Waals surface area contributed by atoms with Gasteiger partial charge in [0.2, 0.25) is 0 Å². The largest absolute Gasteiger partial charge is 0.416 e. The van der Waals surface area contributed by atoms with Crippen LogP contribution in [-0.4, -0.2) is 10.9 Å². The maximum atomic E-state index is 12.9. The van der Waals surface area contributed by atoms with E-state index >= 15 is 0 Å². The van der Waals surface area contributed by atoms with Gasteiger partial charge in [0.25, 0.3) is 0 Å². The van der Waals surface area contributed by atoms with Crippen LogP contribution in [0.4, 0.5) is 13.2 Å². The number of aryl methyl sites for hydroxylation is 1. The Kier molecular flexibility index (Phi) is 4.96. The molecule has 1 N–H and O–H groups in total. The second-order valence-corrected chi connectivity index (χ2v) is 5.74. The minimum Gasteiger partial charge on any atom is -0.388 e. The van der Waals surface area contributed by atoms with Gasteiger partial charge in [-0.1, -0.05) is 36.4 Å². The van der Waals surface area contributed by atoms with E-state index in [-0.39, 0.29) is 11.3 Å². The minimum absolute atomic E-state index is 0.0777. The van der Waals surface area contributed by atoms with Crippen molar-refractivity contribution in [3.05, 3.63) is 65.2 Å². The minimum atomic E-state index is -4.45. The van der Waals surface area contributed by atoms with Crippen molar-refractivity contribution in [2.75, 3.05) is 5.75 Å². The zero-order valence-corrected chi connectivity index (χ0v) is 12.2. The molecule has 0 aromatic heterocycles. The molecule has 2 aromatic carbocycles. The molecule has 0 aliphatic rings. The topological polar surface area (TPSA) is 20.2 Å². The van der Waals surface area contributed by atoms with E-state index in [0.29, 0.717) is 0 Å². The van der Waals surface area contributed by atoms with Crippen LogP contribution in [0.5, 0.6) is 0 Å². The summed E-state index contributed by atoms with van der Waals surface area (Å²) in [5, 5.41) is 10.1. The van der Waals surface area contributed by atoms with Crippen LogP contribution in [0, 0.1) is 6.92 Å². The van der Waals surface area contributed by atoms with E-state index in [4.69, 9.17) is 0 Å². The van der Waals surface area contributed by atoms with Gasteiger partial charge in [0, 0.05) is 10.6 Å². The molecule has 0 saturated heterocycles. The van der Waals surface area contributed by atoms with Crippen molar-refractivity contribution in [2.45, 2.75) is 24.1 Å². The van der Waals surface area contributed by atoms with E-state index in [0.717, 1.165) is 16.5 Å². The standard InChI is InChI=1S/C16H15F3OS/c1-11-6-2-5-9-15(11)21-10-14(20)12-7-3-4-8-13(12)16(17,18)19/h2-9,14,20H,10H2,1H3.